The van der Waals surface area contributed by atoms with E-state index in [0.29, 0.717) is 24.9 Å². The number of Topliss-reactive ketones (excluding diaryl/α,β-unsaturated/α-hetero) is 1. The van der Waals surface area contributed by atoms with Crippen LogP contribution in [0, 0.1) is 22.7 Å². The molecule has 0 spiro atoms. The summed E-state index contributed by atoms with van der Waals surface area (Å²) in [7, 11) is -1.19. The molecule has 3 aliphatic heterocycles. The lowest BCUT2D eigenvalue weighted by Crippen LogP contribution is -2.60. The van der Waals surface area contributed by atoms with Gasteiger partial charge in [-0.3, -0.25) is 9.28 Å². The Morgan fingerprint density at radius 1 is 1.00 bits per heavy atom. The number of quaternary nitrogens is 1. The topological polar surface area (TPSA) is 131 Å². The number of aromatic nitrogens is 3. The summed E-state index contributed by atoms with van der Waals surface area (Å²) >= 11 is 0. The van der Waals surface area contributed by atoms with Crippen LogP contribution in [0.2, 0.25) is 0 Å². The number of hydrogen-bond donors (Lipinski definition) is 0. The van der Waals surface area contributed by atoms with Gasteiger partial charge in [-0.25, -0.2) is 8.42 Å². The molecule has 5 fully saturated rings. The Morgan fingerprint density at radius 3 is 1.94 bits per heavy atom. The Morgan fingerprint density at radius 2 is 1.55 bits per heavy atom. The molecule has 0 N–H and O–H groups in total. The summed E-state index contributed by atoms with van der Waals surface area (Å²) in [5, 5.41) is 0. The van der Waals surface area contributed by atoms with Crippen LogP contribution in [0.3, 0.4) is 0 Å². The number of methoxy groups -OCH3 is 2. The Kier molecular flexibility index (Phi) is 6.20. The second-order valence-electron chi connectivity index (χ2n) is 10.5. The molecule has 2 saturated carbocycles. The van der Waals surface area contributed by atoms with E-state index in [1.807, 2.05) is 13.8 Å². The van der Waals surface area contributed by atoms with Gasteiger partial charge >= 0.3 is 18.0 Å². The Hall–Kier alpha value is -1.85. The highest BCUT2D eigenvalue weighted by molar-refractivity contribution is 7.85. The van der Waals surface area contributed by atoms with Crippen LogP contribution in [0.15, 0.2) is 0 Å². The van der Waals surface area contributed by atoms with Gasteiger partial charge in [0.25, 0.3) is 0 Å². The first-order chi connectivity index (χ1) is 15.4. The largest absolute Gasteiger partial charge is 0.748 e. The third-order valence-corrected chi connectivity index (χ3v) is 9.68. The first-order valence-electron chi connectivity index (χ1n) is 11.6. The van der Waals surface area contributed by atoms with Crippen LogP contribution in [0.4, 0.5) is 5.95 Å². The van der Waals surface area contributed by atoms with Crippen LogP contribution in [0.5, 0.6) is 12.0 Å². The summed E-state index contributed by atoms with van der Waals surface area (Å²) in [6.07, 6.45) is 5.70. The second kappa shape index (κ2) is 8.42. The van der Waals surface area contributed by atoms with E-state index in [-0.39, 0.29) is 17.1 Å². The van der Waals surface area contributed by atoms with E-state index in [0.717, 1.165) is 42.4 Å². The van der Waals surface area contributed by atoms with Crippen molar-refractivity contribution in [3.63, 3.8) is 0 Å². The fraction of sp³-hybridized carbons (Fsp3) is 0.818. The van der Waals surface area contributed by atoms with Gasteiger partial charge < -0.3 is 14.0 Å². The van der Waals surface area contributed by atoms with Crippen molar-refractivity contribution in [3.05, 3.63) is 0 Å². The van der Waals surface area contributed by atoms with Gasteiger partial charge in [0.15, 0.2) is 0 Å². The Balaban J connectivity index is 0.000000160. The predicted molar refractivity (Wildman–Crippen MR) is 120 cm³/mol. The Labute approximate surface area is 195 Å². The molecule has 0 aromatic carbocycles. The average molecular weight is 483 g/mol. The summed E-state index contributed by atoms with van der Waals surface area (Å²) in [4.78, 5) is 24.8. The third kappa shape index (κ3) is 4.23. The number of nitrogens with zero attached hydrogens (tertiary/aromatic N) is 4. The molecule has 5 aliphatic rings. The molecule has 2 aliphatic carbocycles. The lowest BCUT2D eigenvalue weighted by atomic mass is 9.70. The summed E-state index contributed by atoms with van der Waals surface area (Å²) in [6, 6.07) is 0.689. The molecular weight excluding hydrogens is 448 g/mol. The zero-order valence-electron chi connectivity index (χ0n) is 19.9. The van der Waals surface area contributed by atoms with E-state index in [9.17, 15) is 17.8 Å². The highest BCUT2D eigenvalue weighted by atomic mass is 32.2. The lowest BCUT2D eigenvalue weighted by Gasteiger charge is -2.46. The van der Waals surface area contributed by atoms with Gasteiger partial charge in [0.2, 0.25) is 0 Å². The third-order valence-electron chi connectivity index (χ3n) is 8.83. The van der Waals surface area contributed by atoms with Crippen molar-refractivity contribution < 1.29 is 27.2 Å². The number of hydrogen-bond acceptors (Lipinski definition) is 9. The monoisotopic (exact) mass is 482 g/mol. The van der Waals surface area contributed by atoms with Gasteiger partial charge in [0.05, 0.1) is 49.7 Å². The minimum absolute atomic E-state index is 0.0248. The Bertz CT molecular complexity index is 986. The highest BCUT2D eigenvalue weighted by Crippen LogP contribution is 2.64. The molecule has 4 bridgehead atoms. The smallest absolute Gasteiger partial charge is 0.338 e. The molecule has 4 heterocycles. The maximum Gasteiger partial charge on any atom is 0.338 e. The van der Waals surface area contributed by atoms with Crippen molar-refractivity contribution in [2.45, 2.75) is 52.4 Å². The lowest BCUT2D eigenvalue weighted by molar-refractivity contribution is -0.128. The van der Waals surface area contributed by atoms with E-state index in [1.165, 1.54) is 19.3 Å². The van der Waals surface area contributed by atoms with Crippen molar-refractivity contribution in [2.75, 3.05) is 39.6 Å². The number of fused-ring (bicyclic) bond motifs is 5. The number of piperidine rings is 3. The fourth-order valence-electron chi connectivity index (χ4n) is 6.49. The van der Waals surface area contributed by atoms with Crippen LogP contribution in [0.25, 0.3) is 0 Å². The van der Waals surface area contributed by atoms with Gasteiger partial charge in [-0.15, -0.1) is 15.0 Å². The van der Waals surface area contributed by atoms with Gasteiger partial charge in [-0.2, -0.15) is 0 Å². The zero-order chi connectivity index (χ0) is 24.1. The molecule has 0 radical (unpaired) electrons. The summed E-state index contributed by atoms with van der Waals surface area (Å²) in [5.41, 5.74) is -1.22. The maximum absolute atomic E-state index is 11.8. The fourth-order valence-corrected chi connectivity index (χ4v) is 7.77. The standard InChI is InChI=1S/C12H19N4O2.C10H16O4S/c1-17-11-13-10(14-12(15-11)18-2)16-6-3-9(4-7-16)5-8-16;1-9(2)7-3-4-10(9,8(11)5-7)6-15(12,13)14/h9H,3-8H2,1-2H3;7H,3-6H2,1-2H3,(H,12,13,14)/q+1;/p-1/t;7-,10-/m.0/s1. The number of carbonyl (C=O) groups is 1. The van der Waals surface area contributed by atoms with Crippen molar-refractivity contribution in [1.29, 1.82) is 0 Å². The van der Waals surface area contributed by atoms with Crippen molar-refractivity contribution in [2.24, 2.45) is 22.7 Å². The molecule has 2 atom stereocenters. The molecule has 1 aromatic heterocycles. The van der Waals surface area contributed by atoms with E-state index in [4.69, 9.17) is 9.47 Å². The minimum Gasteiger partial charge on any atom is -0.748 e. The number of carbonyl (C=O) groups excluding carboxylic acids is 1. The molecule has 0 unspecified atom stereocenters. The number of rotatable bonds is 5. The molecule has 6 rings (SSSR count). The molecular formula is C22H34N4O6S. The van der Waals surface area contributed by atoms with E-state index in [2.05, 4.69) is 15.0 Å². The van der Waals surface area contributed by atoms with E-state index >= 15 is 0 Å². The molecule has 11 heteroatoms. The molecule has 10 nitrogen and oxygen atoms in total. The quantitative estimate of drug-likeness (QED) is 0.456. The van der Waals surface area contributed by atoms with Gasteiger partial charge in [-0.1, -0.05) is 13.8 Å². The molecule has 3 saturated heterocycles. The predicted octanol–water partition coefficient (Wildman–Crippen LogP) is 1.94. The number of ketones is 1. The summed E-state index contributed by atoms with van der Waals surface area (Å²) < 4.78 is 43.8. The van der Waals surface area contributed by atoms with Crippen LogP contribution >= 0.6 is 0 Å². The molecule has 0 amide bonds. The SMILES string of the molecule is CC1(C)[C@H]2CC[C@]1(CS(=O)(=O)[O-])C(=O)C2.COc1nc(OC)nc([N+]23CCC(CC2)CC3)n1. The minimum atomic E-state index is -4.33. The van der Waals surface area contributed by atoms with Crippen LogP contribution in [-0.4, -0.2) is 73.3 Å². The van der Waals surface area contributed by atoms with Gasteiger partial charge in [0, 0.05) is 31.1 Å². The number of ether oxygens (including phenoxy) is 2. The van der Waals surface area contributed by atoms with E-state index in [1.54, 1.807) is 14.2 Å². The van der Waals surface area contributed by atoms with E-state index < -0.39 is 21.3 Å². The molecule has 33 heavy (non-hydrogen) atoms. The van der Waals surface area contributed by atoms with Crippen LogP contribution in [-0.2, 0) is 14.9 Å². The molecule has 184 valence electrons. The van der Waals surface area contributed by atoms with Gasteiger partial charge in [0.1, 0.15) is 5.78 Å². The highest BCUT2D eigenvalue weighted by Gasteiger charge is 2.64. The first-order valence-corrected chi connectivity index (χ1v) is 13.2. The average Bonchev–Trinajstić information content (AvgIpc) is 3.13. The zero-order valence-corrected chi connectivity index (χ0v) is 20.7. The summed E-state index contributed by atoms with van der Waals surface area (Å²) in [5.74, 6) is 1.44. The second-order valence-corrected chi connectivity index (χ2v) is 11.9. The van der Waals surface area contributed by atoms with Gasteiger partial charge in [-0.05, 0) is 30.1 Å². The normalized spacial score (nSPS) is 34.0. The first kappa shape index (κ1) is 24.3. The van der Waals surface area contributed by atoms with Crippen LogP contribution < -0.4 is 14.0 Å². The van der Waals surface area contributed by atoms with Crippen LogP contribution in [0.1, 0.15) is 52.4 Å². The van der Waals surface area contributed by atoms with Crippen molar-refractivity contribution in [1.82, 2.24) is 19.4 Å². The maximum atomic E-state index is 11.8. The summed E-state index contributed by atoms with van der Waals surface area (Å²) in [6.45, 7) is 7.21. The van der Waals surface area contributed by atoms with Crippen molar-refractivity contribution >= 4 is 21.8 Å². The van der Waals surface area contributed by atoms with Crippen molar-refractivity contribution in [3.8, 4) is 12.0 Å². The molecule has 1 aromatic rings.